The van der Waals surface area contributed by atoms with Crippen LogP contribution in [0.2, 0.25) is 10.0 Å². The molecule has 1 amide bonds. The number of halogens is 3. The number of rotatable bonds is 9. The normalized spacial score (nSPS) is 21.6. The Morgan fingerprint density at radius 2 is 1.80 bits per heavy atom. The number of ether oxygens (including phenoxy) is 1. The van der Waals surface area contributed by atoms with Crippen LogP contribution >= 0.6 is 39.1 Å². The van der Waals surface area contributed by atoms with Crippen molar-refractivity contribution in [3.63, 3.8) is 0 Å². The molecule has 2 atom stereocenters. The van der Waals surface area contributed by atoms with Crippen molar-refractivity contribution < 1.29 is 24.2 Å². The Balaban J connectivity index is 1.40. The third-order valence-corrected chi connectivity index (χ3v) is 9.60. The Hall–Kier alpha value is -2.46. The summed E-state index contributed by atoms with van der Waals surface area (Å²) in [6.45, 7) is 1.11. The molecule has 2 aliphatic carbocycles. The van der Waals surface area contributed by atoms with E-state index in [1.165, 1.54) is 12.4 Å². The van der Waals surface area contributed by atoms with Crippen molar-refractivity contribution in [3.05, 3.63) is 68.0 Å². The third-order valence-electron chi connectivity index (χ3n) is 8.27. The standard InChI is InChI=1S/C29H30BrCl2N3O5/c30-23-24(28(25(23)36)9-2-1-3-10-28)35-29(27(38)39,13-18-8-11-40-16-18)12-17-4-6-19(7-5-17)34-26(37)22-20(31)14-33-15-21(22)32/h4-7,14-15,18,35H,1-3,8-13,16H2,(H,34,37)(H,38,39)/t18?,29-/m1/s1. The van der Waals surface area contributed by atoms with Crippen LogP contribution in [0.5, 0.6) is 0 Å². The monoisotopic (exact) mass is 649 g/mol. The van der Waals surface area contributed by atoms with Crippen molar-refractivity contribution in [2.75, 3.05) is 18.5 Å². The van der Waals surface area contributed by atoms with E-state index in [1.807, 2.05) is 0 Å². The minimum absolute atomic E-state index is 0.0627. The first-order valence-corrected chi connectivity index (χ1v) is 14.9. The Morgan fingerprint density at radius 1 is 1.12 bits per heavy atom. The van der Waals surface area contributed by atoms with Gasteiger partial charge < -0.3 is 20.5 Å². The quantitative estimate of drug-likeness (QED) is 0.297. The van der Waals surface area contributed by atoms with Gasteiger partial charge in [-0.05, 0) is 65.2 Å². The lowest BCUT2D eigenvalue weighted by Gasteiger charge is -2.49. The summed E-state index contributed by atoms with van der Waals surface area (Å²) in [5.41, 5.74) is 0.141. The van der Waals surface area contributed by atoms with Gasteiger partial charge in [-0.3, -0.25) is 14.6 Å². The fourth-order valence-electron chi connectivity index (χ4n) is 6.13. The van der Waals surface area contributed by atoms with Crippen molar-refractivity contribution in [2.24, 2.45) is 11.3 Å². The number of pyridine rings is 1. The van der Waals surface area contributed by atoms with E-state index in [2.05, 4.69) is 31.5 Å². The van der Waals surface area contributed by atoms with Crippen molar-refractivity contribution in [1.82, 2.24) is 10.3 Å². The molecule has 11 heteroatoms. The largest absolute Gasteiger partial charge is 0.479 e. The zero-order valence-electron chi connectivity index (χ0n) is 21.8. The highest BCUT2D eigenvalue weighted by molar-refractivity contribution is 9.12. The number of carbonyl (C=O) groups excluding carboxylic acids is 2. The van der Waals surface area contributed by atoms with Gasteiger partial charge in [-0.2, -0.15) is 0 Å². The van der Waals surface area contributed by atoms with Gasteiger partial charge in [-0.15, -0.1) is 0 Å². The van der Waals surface area contributed by atoms with Gasteiger partial charge in [0.05, 0.1) is 25.5 Å². The first-order chi connectivity index (χ1) is 19.1. The van der Waals surface area contributed by atoms with Crippen molar-refractivity contribution in [1.29, 1.82) is 0 Å². The SMILES string of the molecule is O=C(Nc1ccc(C[C@](CC2CCOC2)(NC2=C(Br)C(=O)C23CCCCC3)C(=O)O)cc1)c1c(Cl)cncc1Cl. The third kappa shape index (κ3) is 5.53. The number of ketones is 1. The summed E-state index contributed by atoms with van der Waals surface area (Å²) in [7, 11) is 0. The van der Waals surface area contributed by atoms with E-state index in [9.17, 15) is 19.5 Å². The van der Waals surface area contributed by atoms with Gasteiger partial charge in [0, 0.05) is 43.4 Å². The van der Waals surface area contributed by atoms with Crippen LogP contribution in [0.4, 0.5) is 5.69 Å². The van der Waals surface area contributed by atoms with Gasteiger partial charge >= 0.3 is 5.97 Å². The molecule has 1 aliphatic heterocycles. The number of anilines is 1. The second-order valence-corrected chi connectivity index (χ2v) is 12.5. The molecular formula is C29H30BrCl2N3O5. The van der Waals surface area contributed by atoms with E-state index in [0.717, 1.165) is 44.1 Å². The van der Waals surface area contributed by atoms with Gasteiger partial charge in [-0.1, -0.05) is 54.6 Å². The number of benzene rings is 1. The van der Waals surface area contributed by atoms with E-state index >= 15 is 0 Å². The van der Waals surface area contributed by atoms with Crippen LogP contribution in [0.3, 0.4) is 0 Å². The van der Waals surface area contributed by atoms with E-state index in [1.54, 1.807) is 24.3 Å². The number of hydrogen-bond donors (Lipinski definition) is 3. The molecule has 212 valence electrons. The predicted octanol–water partition coefficient (Wildman–Crippen LogP) is 6.16. The molecule has 1 saturated carbocycles. The average Bonchev–Trinajstić information content (AvgIpc) is 3.45. The molecular weight excluding hydrogens is 621 g/mol. The van der Waals surface area contributed by atoms with E-state index < -0.39 is 22.8 Å². The molecule has 3 aliphatic rings. The lowest BCUT2D eigenvalue weighted by Crippen LogP contribution is -2.61. The highest BCUT2D eigenvalue weighted by Gasteiger charge is 2.56. The lowest BCUT2D eigenvalue weighted by atomic mass is 9.62. The molecule has 40 heavy (non-hydrogen) atoms. The molecule has 2 heterocycles. The number of allylic oxidation sites excluding steroid dienone is 2. The maximum absolute atomic E-state index is 13.1. The zero-order chi connectivity index (χ0) is 28.5. The number of carbonyl (C=O) groups is 3. The number of carboxylic acid groups (broad SMARTS) is 1. The molecule has 1 saturated heterocycles. The topological polar surface area (TPSA) is 118 Å². The molecule has 3 N–H and O–H groups in total. The summed E-state index contributed by atoms with van der Waals surface area (Å²) in [4.78, 5) is 42.7. The fraction of sp³-hybridized carbons (Fsp3) is 0.448. The number of nitrogens with zero attached hydrogens (tertiary/aromatic N) is 1. The zero-order valence-corrected chi connectivity index (χ0v) is 24.9. The molecule has 0 bridgehead atoms. The minimum Gasteiger partial charge on any atom is -0.479 e. The number of Topliss-reactive ketones (excluding diaryl/α,β-unsaturated/α-hetero) is 1. The molecule has 0 radical (unpaired) electrons. The maximum atomic E-state index is 13.1. The van der Waals surface area contributed by atoms with Crippen LogP contribution < -0.4 is 10.6 Å². The molecule has 2 fully saturated rings. The predicted molar refractivity (Wildman–Crippen MR) is 156 cm³/mol. The number of nitrogens with one attached hydrogen (secondary N) is 2. The van der Waals surface area contributed by atoms with Crippen molar-refractivity contribution >= 4 is 62.5 Å². The van der Waals surface area contributed by atoms with Crippen LogP contribution in [0.1, 0.15) is 60.9 Å². The molecule has 8 nitrogen and oxygen atoms in total. The van der Waals surface area contributed by atoms with Gasteiger partial charge in [0.25, 0.3) is 5.91 Å². The van der Waals surface area contributed by atoms with Crippen LogP contribution in [0.25, 0.3) is 0 Å². The van der Waals surface area contributed by atoms with Gasteiger partial charge in [-0.25, -0.2) is 4.79 Å². The van der Waals surface area contributed by atoms with Crippen molar-refractivity contribution in [3.8, 4) is 0 Å². The number of aromatic nitrogens is 1. The molecule has 1 aromatic carbocycles. The van der Waals surface area contributed by atoms with Crippen LogP contribution in [0, 0.1) is 11.3 Å². The molecule has 5 rings (SSSR count). The van der Waals surface area contributed by atoms with E-state index in [4.69, 9.17) is 27.9 Å². The Labute approximate surface area is 251 Å². The Bertz CT molecular complexity index is 1330. The van der Waals surface area contributed by atoms with Crippen LogP contribution in [-0.4, -0.2) is 46.5 Å². The van der Waals surface area contributed by atoms with E-state index in [-0.39, 0.29) is 33.7 Å². The van der Waals surface area contributed by atoms with Crippen molar-refractivity contribution in [2.45, 2.75) is 56.9 Å². The number of aliphatic carboxylic acids is 1. The summed E-state index contributed by atoms with van der Waals surface area (Å²) in [6.07, 6.45) is 8.43. The number of hydrogen-bond acceptors (Lipinski definition) is 6. The molecule has 1 aromatic heterocycles. The highest BCUT2D eigenvalue weighted by atomic mass is 79.9. The first kappa shape index (κ1) is 29.0. The second kappa shape index (κ2) is 11.8. The maximum Gasteiger partial charge on any atom is 0.329 e. The number of amides is 1. The summed E-state index contributed by atoms with van der Waals surface area (Å²) in [6, 6.07) is 7.02. The highest BCUT2D eigenvalue weighted by Crippen LogP contribution is 2.54. The van der Waals surface area contributed by atoms with Gasteiger partial charge in [0.2, 0.25) is 0 Å². The summed E-state index contributed by atoms with van der Waals surface area (Å²) < 4.78 is 6.03. The smallest absolute Gasteiger partial charge is 0.329 e. The molecule has 1 spiro atoms. The van der Waals surface area contributed by atoms with Crippen LogP contribution in [-0.2, 0) is 20.7 Å². The van der Waals surface area contributed by atoms with Crippen LogP contribution in [0.15, 0.2) is 46.8 Å². The first-order valence-electron chi connectivity index (χ1n) is 13.4. The molecule has 1 unspecified atom stereocenters. The fourth-order valence-corrected chi connectivity index (χ4v) is 7.52. The second-order valence-electron chi connectivity index (χ2n) is 10.9. The van der Waals surface area contributed by atoms with Gasteiger partial charge in [0.15, 0.2) is 5.78 Å². The number of carboxylic acids is 1. The lowest BCUT2D eigenvalue weighted by molar-refractivity contribution is -0.146. The summed E-state index contributed by atoms with van der Waals surface area (Å²) in [5, 5.41) is 17.2. The van der Waals surface area contributed by atoms with E-state index in [0.29, 0.717) is 35.5 Å². The summed E-state index contributed by atoms with van der Waals surface area (Å²) in [5.74, 6) is -1.31. The van der Waals surface area contributed by atoms with Gasteiger partial charge in [0.1, 0.15) is 5.54 Å². The minimum atomic E-state index is -1.35. The summed E-state index contributed by atoms with van der Waals surface area (Å²) >= 11 is 15.7. The average molecular weight is 651 g/mol. The Kier molecular flexibility index (Phi) is 8.57. The Morgan fingerprint density at radius 3 is 2.40 bits per heavy atom. The molecule has 2 aromatic rings.